The fourth-order valence-electron chi connectivity index (χ4n) is 2.95. The fourth-order valence-corrected chi connectivity index (χ4v) is 2.95. The van der Waals surface area contributed by atoms with Crippen LogP contribution in [-0.4, -0.2) is 18.9 Å². The van der Waals surface area contributed by atoms with Crippen molar-refractivity contribution in [3.05, 3.63) is 95.1 Å². The number of hydrogen-bond donors (Lipinski definition) is 2. The van der Waals surface area contributed by atoms with Crippen molar-refractivity contribution in [2.75, 3.05) is 17.7 Å². The smallest absolute Gasteiger partial charge is 0.257 e. The fraction of sp³-hybridized carbons (Fsp3) is 0.120. The van der Waals surface area contributed by atoms with Crippen LogP contribution < -0.4 is 15.4 Å². The summed E-state index contributed by atoms with van der Waals surface area (Å²) in [7, 11) is 1.58. The molecule has 0 unspecified atom stereocenters. The van der Waals surface area contributed by atoms with Gasteiger partial charge in [0.1, 0.15) is 5.75 Å². The highest BCUT2D eigenvalue weighted by Crippen LogP contribution is 2.21. The second-order valence-electron chi connectivity index (χ2n) is 6.86. The molecule has 152 valence electrons. The number of hydrogen-bond acceptors (Lipinski definition) is 3. The lowest BCUT2D eigenvalue weighted by Crippen LogP contribution is -2.17. The Morgan fingerprint density at radius 1 is 0.867 bits per heavy atom. The Morgan fingerprint density at radius 2 is 1.60 bits per heavy atom. The summed E-state index contributed by atoms with van der Waals surface area (Å²) >= 11 is 0. The van der Waals surface area contributed by atoms with Crippen molar-refractivity contribution in [1.29, 1.82) is 0 Å². The number of carbonyl (C=O) groups is 2. The molecule has 0 aliphatic carbocycles. The van der Waals surface area contributed by atoms with E-state index in [1.54, 1.807) is 37.5 Å². The Balaban J connectivity index is 1.74. The van der Waals surface area contributed by atoms with Gasteiger partial charge in [-0.1, -0.05) is 36.4 Å². The second-order valence-corrected chi connectivity index (χ2v) is 6.86. The first-order valence-corrected chi connectivity index (χ1v) is 9.57. The zero-order valence-corrected chi connectivity index (χ0v) is 17.2. The summed E-state index contributed by atoms with van der Waals surface area (Å²) < 4.78 is 5.28. The number of nitrogens with one attached hydrogen (secondary N) is 2. The number of methoxy groups -OCH3 is 1. The quantitative estimate of drug-likeness (QED) is 0.558. The summed E-state index contributed by atoms with van der Waals surface area (Å²) in [6, 6.07) is 20.1. The predicted molar refractivity (Wildman–Crippen MR) is 121 cm³/mol. The Morgan fingerprint density at radius 3 is 2.37 bits per heavy atom. The van der Waals surface area contributed by atoms with E-state index in [9.17, 15) is 9.59 Å². The van der Waals surface area contributed by atoms with Gasteiger partial charge in [0.15, 0.2) is 0 Å². The second kappa shape index (κ2) is 9.56. The third-order valence-electron chi connectivity index (χ3n) is 4.75. The summed E-state index contributed by atoms with van der Waals surface area (Å²) in [5, 5.41) is 5.67. The number of amides is 2. The van der Waals surface area contributed by atoms with Crippen LogP contribution in [0.15, 0.2) is 72.8 Å². The van der Waals surface area contributed by atoms with E-state index in [2.05, 4.69) is 10.6 Å². The summed E-state index contributed by atoms with van der Waals surface area (Å²) in [4.78, 5) is 25.2. The molecule has 3 rings (SSSR count). The molecule has 2 amide bonds. The van der Waals surface area contributed by atoms with Crippen LogP contribution in [0.1, 0.15) is 27.0 Å². The van der Waals surface area contributed by atoms with Gasteiger partial charge in [0.05, 0.1) is 18.4 Å². The molecule has 0 heterocycles. The summed E-state index contributed by atoms with van der Waals surface area (Å²) in [6.45, 7) is 4.01. The molecule has 0 fully saturated rings. The van der Waals surface area contributed by atoms with Crippen LogP contribution in [-0.2, 0) is 4.79 Å². The Kier molecular flexibility index (Phi) is 6.65. The van der Waals surface area contributed by atoms with Gasteiger partial charge in [0.25, 0.3) is 5.91 Å². The van der Waals surface area contributed by atoms with Crippen LogP contribution in [0.2, 0.25) is 0 Å². The molecule has 0 aliphatic heterocycles. The molecule has 0 saturated carbocycles. The minimum absolute atomic E-state index is 0.289. The van der Waals surface area contributed by atoms with Crippen LogP contribution in [0.25, 0.3) is 6.08 Å². The summed E-state index contributed by atoms with van der Waals surface area (Å²) in [5.41, 5.74) is 4.57. The van der Waals surface area contributed by atoms with Gasteiger partial charge in [-0.25, -0.2) is 0 Å². The van der Waals surface area contributed by atoms with Gasteiger partial charge in [-0.15, -0.1) is 0 Å². The minimum Gasteiger partial charge on any atom is -0.496 e. The zero-order valence-electron chi connectivity index (χ0n) is 17.2. The number of aryl methyl sites for hydroxylation is 2. The molecular formula is C25H24N2O3. The average Bonchev–Trinajstić information content (AvgIpc) is 2.75. The van der Waals surface area contributed by atoms with Crippen LogP contribution in [0.5, 0.6) is 5.75 Å². The predicted octanol–water partition coefficient (Wildman–Crippen LogP) is 5.22. The van der Waals surface area contributed by atoms with Crippen LogP contribution >= 0.6 is 0 Å². The first kappa shape index (κ1) is 20.9. The van der Waals surface area contributed by atoms with E-state index in [1.165, 1.54) is 6.08 Å². The number of anilines is 2. The van der Waals surface area contributed by atoms with E-state index in [1.807, 2.05) is 56.3 Å². The lowest BCUT2D eigenvalue weighted by molar-refractivity contribution is -0.111. The molecule has 0 aliphatic rings. The molecule has 30 heavy (non-hydrogen) atoms. The molecule has 2 N–H and O–H groups in total. The highest BCUT2D eigenvalue weighted by molar-refractivity contribution is 6.11. The largest absolute Gasteiger partial charge is 0.496 e. The van der Waals surface area contributed by atoms with Crippen LogP contribution in [0.4, 0.5) is 11.4 Å². The Hall–Kier alpha value is -3.86. The molecule has 0 spiro atoms. The summed E-state index contributed by atoms with van der Waals surface area (Å²) in [6.07, 6.45) is 3.09. The topological polar surface area (TPSA) is 67.4 Å². The van der Waals surface area contributed by atoms with Crippen molar-refractivity contribution in [3.8, 4) is 5.75 Å². The highest BCUT2D eigenvalue weighted by atomic mass is 16.5. The molecular weight excluding hydrogens is 376 g/mol. The first-order valence-electron chi connectivity index (χ1n) is 9.57. The minimum atomic E-state index is -0.340. The van der Waals surface area contributed by atoms with Gasteiger partial charge in [-0.3, -0.25) is 9.59 Å². The Bertz CT molecular complexity index is 1100. The lowest BCUT2D eigenvalue weighted by atomic mass is 10.1. The average molecular weight is 400 g/mol. The number of benzene rings is 3. The maximum Gasteiger partial charge on any atom is 0.257 e. The van der Waals surface area contributed by atoms with Crippen LogP contribution in [0.3, 0.4) is 0 Å². The van der Waals surface area contributed by atoms with Gasteiger partial charge in [0, 0.05) is 17.3 Å². The molecule has 0 saturated heterocycles. The number of ether oxygens (including phenoxy) is 1. The van der Waals surface area contributed by atoms with Gasteiger partial charge >= 0.3 is 0 Å². The monoisotopic (exact) mass is 400 g/mol. The normalized spacial score (nSPS) is 10.6. The molecule has 0 aromatic heterocycles. The van der Waals surface area contributed by atoms with Crippen molar-refractivity contribution in [3.63, 3.8) is 0 Å². The van der Waals surface area contributed by atoms with Crippen molar-refractivity contribution in [2.45, 2.75) is 13.8 Å². The van der Waals surface area contributed by atoms with E-state index in [-0.39, 0.29) is 11.8 Å². The summed E-state index contributed by atoms with van der Waals surface area (Å²) in [5.74, 6) is 0.0462. The molecule has 3 aromatic rings. The van der Waals surface area contributed by atoms with Gasteiger partial charge in [0.2, 0.25) is 5.91 Å². The molecule has 0 bridgehead atoms. The van der Waals surface area contributed by atoms with Crippen molar-refractivity contribution in [2.24, 2.45) is 0 Å². The van der Waals surface area contributed by atoms with E-state index >= 15 is 0 Å². The van der Waals surface area contributed by atoms with Gasteiger partial charge in [-0.05, 0) is 61.4 Å². The molecule has 5 nitrogen and oxygen atoms in total. The first-order chi connectivity index (χ1) is 14.5. The van der Waals surface area contributed by atoms with E-state index in [0.29, 0.717) is 22.7 Å². The van der Waals surface area contributed by atoms with Crippen molar-refractivity contribution >= 4 is 29.3 Å². The number of rotatable bonds is 6. The SMILES string of the molecule is COc1ccccc1/C=C/C(=O)Nc1ccccc1C(=O)Nc1ccc(C)c(C)c1. The lowest BCUT2D eigenvalue weighted by Gasteiger charge is -2.11. The van der Waals surface area contributed by atoms with E-state index < -0.39 is 0 Å². The number of para-hydroxylation sites is 2. The van der Waals surface area contributed by atoms with Gasteiger partial charge in [-0.2, -0.15) is 0 Å². The maximum absolute atomic E-state index is 12.8. The zero-order chi connectivity index (χ0) is 21.5. The van der Waals surface area contributed by atoms with E-state index in [4.69, 9.17) is 4.74 Å². The number of carbonyl (C=O) groups excluding carboxylic acids is 2. The highest BCUT2D eigenvalue weighted by Gasteiger charge is 2.13. The standard InChI is InChI=1S/C25H24N2O3/c1-17-12-14-20(16-18(17)2)26-25(29)21-9-5-6-10-22(21)27-24(28)15-13-19-8-4-7-11-23(19)30-3/h4-16H,1-3H3,(H,26,29)(H,27,28)/b15-13+. The van der Waals surface area contributed by atoms with E-state index in [0.717, 1.165) is 16.7 Å². The van der Waals surface area contributed by atoms with Crippen LogP contribution in [0, 0.1) is 13.8 Å². The Labute approximate surface area is 176 Å². The molecule has 3 aromatic carbocycles. The van der Waals surface area contributed by atoms with Crippen molar-refractivity contribution < 1.29 is 14.3 Å². The van der Waals surface area contributed by atoms with Gasteiger partial charge < -0.3 is 15.4 Å². The third-order valence-corrected chi connectivity index (χ3v) is 4.75. The molecule has 0 atom stereocenters. The third kappa shape index (κ3) is 5.14. The molecule has 5 heteroatoms. The van der Waals surface area contributed by atoms with Crippen molar-refractivity contribution in [1.82, 2.24) is 0 Å². The molecule has 0 radical (unpaired) electrons. The maximum atomic E-state index is 12.8.